The van der Waals surface area contributed by atoms with E-state index in [0.717, 1.165) is 6.07 Å². The average molecular weight is 251 g/mol. The normalized spacial score (nSPS) is 11.2. The van der Waals surface area contributed by atoms with Crippen molar-refractivity contribution in [3.05, 3.63) is 40.9 Å². The zero-order chi connectivity index (χ0) is 12.5. The first-order valence-electron chi connectivity index (χ1n) is 4.03. The van der Waals surface area contributed by atoms with Crippen molar-refractivity contribution in [3.63, 3.8) is 0 Å². The number of carboxylic acid groups (broad SMARTS) is 1. The number of hydrogen-bond donors (Lipinski definition) is 1. The SMILES string of the molecule is C=C(C(=O)O)c1ccc(Cl)cc1C(F)(F)F. The van der Waals surface area contributed by atoms with Crippen LogP contribution in [0.1, 0.15) is 11.1 Å². The molecule has 0 aliphatic carbocycles. The smallest absolute Gasteiger partial charge is 0.417 e. The molecule has 6 heteroatoms. The van der Waals surface area contributed by atoms with Gasteiger partial charge < -0.3 is 5.11 Å². The van der Waals surface area contributed by atoms with Crippen molar-refractivity contribution in [2.45, 2.75) is 6.18 Å². The van der Waals surface area contributed by atoms with Crippen LogP contribution < -0.4 is 0 Å². The van der Waals surface area contributed by atoms with Crippen molar-refractivity contribution in [1.29, 1.82) is 0 Å². The summed E-state index contributed by atoms with van der Waals surface area (Å²) in [4.78, 5) is 10.6. The Morgan fingerprint density at radius 3 is 2.38 bits per heavy atom. The maximum absolute atomic E-state index is 12.6. The second-order valence-corrected chi connectivity index (χ2v) is 3.41. The van der Waals surface area contributed by atoms with Gasteiger partial charge in [-0.1, -0.05) is 24.2 Å². The third kappa shape index (κ3) is 2.55. The van der Waals surface area contributed by atoms with Crippen LogP contribution in [0.4, 0.5) is 13.2 Å². The van der Waals surface area contributed by atoms with Gasteiger partial charge >= 0.3 is 12.1 Å². The van der Waals surface area contributed by atoms with Gasteiger partial charge in [-0.15, -0.1) is 0 Å². The Bertz CT molecular complexity index is 452. The first-order chi connectivity index (χ1) is 7.23. The Hall–Kier alpha value is -1.49. The van der Waals surface area contributed by atoms with Crippen molar-refractivity contribution in [1.82, 2.24) is 0 Å². The van der Waals surface area contributed by atoms with Gasteiger partial charge in [-0.05, 0) is 12.1 Å². The molecule has 0 spiro atoms. The van der Waals surface area contributed by atoms with Crippen molar-refractivity contribution < 1.29 is 23.1 Å². The molecule has 16 heavy (non-hydrogen) atoms. The van der Waals surface area contributed by atoms with Crippen LogP contribution in [0.5, 0.6) is 0 Å². The average Bonchev–Trinajstić information content (AvgIpc) is 2.15. The molecular weight excluding hydrogens is 245 g/mol. The number of aliphatic carboxylic acids is 1. The summed E-state index contributed by atoms with van der Waals surface area (Å²) >= 11 is 5.43. The van der Waals surface area contributed by atoms with Gasteiger partial charge in [0.1, 0.15) is 0 Å². The molecule has 0 aliphatic rings. The number of halogens is 4. The van der Waals surface area contributed by atoms with E-state index in [9.17, 15) is 18.0 Å². The largest absolute Gasteiger partial charge is 0.478 e. The molecule has 1 aromatic carbocycles. The lowest BCUT2D eigenvalue weighted by atomic mass is 10.0. The van der Waals surface area contributed by atoms with Crippen LogP contribution in [0.15, 0.2) is 24.8 Å². The fourth-order valence-corrected chi connectivity index (χ4v) is 1.30. The van der Waals surface area contributed by atoms with E-state index in [1.165, 1.54) is 6.07 Å². The van der Waals surface area contributed by atoms with Gasteiger partial charge in [0, 0.05) is 10.6 Å². The lowest BCUT2D eigenvalue weighted by Crippen LogP contribution is -2.11. The summed E-state index contributed by atoms with van der Waals surface area (Å²) in [6.45, 7) is 3.09. The molecule has 0 saturated carbocycles. The van der Waals surface area contributed by atoms with E-state index in [-0.39, 0.29) is 5.02 Å². The number of alkyl halides is 3. The Labute approximate surface area is 94.0 Å². The zero-order valence-corrected chi connectivity index (χ0v) is 8.56. The lowest BCUT2D eigenvalue weighted by Gasteiger charge is -2.12. The second kappa shape index (κ2) is 4.17. The molecule has 0 saturated heterocycles. The highest BCUT2D eigenvalue weighted by molar-refractivity contribution is 6.30. The van der Waals surface area contributed by atoms with Crippen LogP contribution in [0.25, 0.3) is 5.57 Å². The molecule has 1 N–H and O–H groups in total. The van der Waals surface area contributed by atoms with Crippen LogP contribution >= 0.6 is 11.6 Å². The third-order valence-corrected chi connectivity index (χ3v) is 2.11. The molecule has 0 heterocycles. The maximum atomic E-state index is 12.6. The monoisotopic (exact) mass is 250 g/mol. The lowest BCUT2D eigenvalue weighted by molar-refractivity contribution is -0.137. The summed E-state index contributed by atoms with van der Waals surface area (Å²) in [5, 5.41) is 8.48. The Balaban J connectivity index is 3.40. The number of carbonyl (C=O) groups is 1. The van der Waals surface area contributed by atoms with E-state index in [4.69, 9.17) is 16.7 Å². The molecular formula is C10H6ClF3O2. The summed E-state index contributed by atoms with van der Waals surface area (Å²) in [5.74, 6) is -1.51. The summed E-state index contributed by atoms with van der Waals surface area (Å²) < 4.78 is 37.7. The molecule has 0 fully saturated rings. The van der Waals surface area contributed by atoms with Crippen LogP contribution in [-0.2, 0) is 11.0 Å². The fraction of sp³-hybridized carbons (Fsp3) is 0.100. The van der Waals surface area contributed by atoms with E-state index in [1.54, 1.807) is 0 Å². The first-order valence-corrected chi connectivity index (χ1v) is 4.40. The maximum Gasteiger partial charge on any atom is 0.417 e. The van der Waals surface area contributed by atoms with Crippen molar-refractivity contribution in [3.8, 4) is 0 Å². The summed E-state index contributed by atoms with van der Waals surface area (Å²) in [6, 6.07) is 2.84. The quantitative estimate of drug-likeness (QED) is 0.816. The molecule has 0 amide bonds. The molecule has 1 aromatic rings. The summed E-state index contributed by atoms with van der Waals surface area (Å²) in [6.07, 6.45) is -4.67. The van der Waals surface area contributed by atoms with E-state index in [1.807, 2.05) is 0 Å². The zero-order valence-electron chi connectivity index (χ0n) is 7.81. The molecule has 1 rings (SSSR count). The molecule has 2 nitrogen and oxygen atoms in total. The number of hydrogen-bond acceptors (Lipinski definition) is 1. The minimum absolute atomic E-state index is 0.116. The van der Waals surface area contributed by atoms with Crippen LogP contribution in [0.2, 0.25) is 5.02 Å². The highest BCUT2D eigenvalue weighted by Gasteiger charge is 2.34. The van der Waals surface area contributed by atoms with Gasteiger partial charge in [0.2, 0.25) is 0 Å². The predicted molar refractivity (Wildman–Crippen MR) is 53.1 cm³/mol. The third-order valence-electron chi connectivity index (χ3n) is 1.87. The van der Waals surface area contributed by atoms with E-state index < -0.39 is 28.8 Å². The molecule has 0 aromatic heterocycles. The van der Waals surface area contributed by atoms with Gasteiger partial charge in [-0.25, -0.2) is 4.79 Å². The minimum atomic E-state index is -4.67. The Morgan fingerprint density at radius 1 is 1.38 bits per heavy atom. The molecule has 0 aliphatic heterocycles. The summed E-state index contributed by atoms with van der Waals surface area (Å²) in [5.41, 5.74) is -2.21. The van der Waals surface area contributed by atoms with Crippen LogP contribution in [0, 0.1) is 0 Å². The topological polar surface area (TPSA) is 37.3 Å². The van der Waals surface area contributed by atoms with E-state index >= 15 is 0 Å². The second-order valence-electron chi connectivity index (χ2n) is 2.97. The predicted octanol–water partition coefficient (Wildman–Crippen LogP) is 3.46. The van der Waals surface area contributed by atoms with Gasteiger partial charge in [0.25, 0.3) is 0 Å². The van der Waals surface area contributed by atoms with Gasteiger partial charge in [-0.3, -0.25) is 0 Å². The molecule has 86 valence electrons. The van der Waals surface area contributed by atoms with E-state index in [2.05, 4.69) is 6.58 Å². The number of benzene rings is 1. The highest BCUT2D eigenvalue weighted by Crippen LogP contribution is 2.36. The Kier molecular flexibility index (Phi) is 3.28. The Morgan fingerprint density at radius 2 is 1.94 bits per heavy atom. The van der Waals surface area contributed by atoms with Crippen molar-refractivity contribution in [2.24, 2.45) is 0 Å². The van der Waals surface area contributed by atoms with Gasteiger partial charge in [-0.2, -0.15) is 13.2 Å². The number of rotatable bonds is 2. The van der Waals surface area contributed by atoms with Crippen molar-refractivity contribution in [2.75, 3.05) is 0 Å². The van der Waals surface area contributed by atoms with Gasteiger partial charge in [0.05, 0.1) is 11.1 Å². The number of carboxylic acids is 1. The molecule has 0 unspecified atom stereocenters. The fourth-order valence-electron chi connectivity index (χ4n) is 1.13. The molecule has 0 radical (unpaired) electrons. The first kappa shape index (κ1) is 12.6. The van der Waals surface area contributed by atoms with Crippen LogP contribution in [0.3, 0.4) is 0 Å². The van der Waals surface area contributed by atoms with E-state index in [0.29, 0.717) is 6.07 Å². The minimum Gasteiger partial charge on any atom is -0.478 e. The highest BCUT2D eigenvalue weighted by atomic mass is 35.5. The van der Waals surface area contributed by atoms with Crippen molar-refractivity contribution >= 4 is 23.1 Å². The molecule has 0 atom stereocenters. The van der Waals surface area contributed by atoms with Crippen LogP contribution in [-0.4, -0.2) is 11.1 Å². The molecule has 0 bridgehead atoms. The standard InChI is InChI=1S/C10H6ClF3O2/c1-5(9(15)16)7-3-2-6(11)4-8(7)10(12,13)14/h2-4H,1H2,(H,15,16). The van der Waals surface area contributed by atoms with Gasteiger partial charge in [0.15, 0.2) is 0 Å². The summed E-state index contributed by atoms with van der Waals surface area (Å²) in [7, 11) is 0.